The van der Waals surface area contributed by atoms with Crippen molar-refractivity contribution >= 4 is 0 Å². The van der Waals surface area contributed by atoms with E-state index < -0.39 is 0 Å². The van der Waals surface area contributed by atoms with Crippen LogP contribution in [0.5, 0.6) is 0 Å². The van der Waals surface area contributed by atoms with Gasteiger partial charge in [0.05, 0.1) is 0 Å². The van der Waals surface area contributed by atoms with Crippen LogP contribution in [0.15, 0.2) is 24.3 Å². The van der Waals surface area contributed by atoms with Crippen molar-refractivity contribution in [3.63, 3.8) is 0 Å². The summed E-state index contributed by atoms with van der Waals surface area (Å²) in [5.41, 5.74) is 3.19. The van der Waals surface area contributed by atoms with E-state index in [-0.39, 0.29) is 0 Å². The zero-order valence-electron chi connectivity index (χ0n) is 9.45. The van der Waals surface area contributed by atoms with Gasteiger partial charge in [0, 0.05) is 12.1 Å². The highest BCUT2D eigenvalue weighted by Crippen LogP contribution is 2.41. The number of hydrogen-bond acceptors (Lipinski definition) is 1. The van der Waals surface area contributed by atoms with E-state index in [1.165, 1.54) is 32.2 Å². The maximum atomic E-state index is 2.71. The molecule has 0 heterocycles. The van der Waals surface area contributed by atoms with Crippen molar-refractivity contribution in [2.24, 2.45) is 0 Å². The molecule has 0 aliphatic heterocycles. The van der Waals surface area contributed by atoms with Gasteiger partial charge in [-0.2, -0.15) is 0 Å². The maximum absolute atomic E-state index is 2.71. The topological polar surface area (TPSA) is 3.24 Å². The quantitative estimate of drug-likeness (QED) is 0.726. The van der Waals surface area contributed by atoms with Crippen LogP contribution in [-0.4, -0.2) is 17.5 Å². The summed E-state index contributed by atoms with van der Waals surface area (Å²) in [5, 5.41) is 0. The molecule has 1 aromatic carbocycles. The minimum Gasteiger partial charge on any atom is -0.294 e. The Labute approximate surface area is 92.1 Å². The van der Waals surface area contributed by atoms with E-state index in [2.05, 4.69) is 36.1 Å². The van der Waals surface area contributed by atoms with E-state index in [9.17, 15) is 0 Å². The van der Waals surface area contributed by atoms with Gasteiger partial charge < -0.3 is 0 Å². The summed E-state index contributed by atoms with van der Waals surface area (Å²) >= 11 is 0. The Hall–Kier alpha value is -0.820. The first-order valence-corrected chi connectivity index (χ1v) is 6.23. The SMILES string of the molecule is CCN(C1CC1)C1CCc2ccccc21. The van der Waals surface area contributed by atoms with Gasteiger partial charge in [-0.1, -0.05) is 31.2 Å². The molecule has 1 fully saturated rings. The van der Waals surface area contributed by atoms with Gasteiger partial charge in [-0.15, -0.1) is 0 Å². The van der Waals surface area contributed by atoms with Crippen LogP contribution in [0.25, 0.3) is 0 Å². The molecule has 0 N–H and O–H groups in total. The average molecular weight is 201 g/mol. The average Bonchev–Trinajstić information content (AvgIpc) is 3.01. The third-order valence-corrected chi connectivity index (χ3v) is 3.88. The minimum absolute atomic E-state index is 0.721. The molecule has 15 heavy (non-hydrogen) atoms. The van der Waals surface area contributed by atoms with Gasteiger partial charge in [-0.25, -0.2) is 0 Å². The fourth-order valence-corrected chi connectivity index (χ4v) is 3.02. The third-order valence-electron chi connectivity index (χ3n) is 3.88. The van der Waals surface area contributed by atoms with E-state index >= 15 is 0 Å². The molecule has 2 aliphatic carbocycles. The first-order chi connectivity index (χ1) is 7.40. The number of benzene rings is 1. The third kappa shape index (κ3) is 1.59. The second kappa shape index (κ2) is 3.64. The standard InChI is InChI=1S/C14H19N/c1-2-15(12-8-9-12)14-10-7-11-5-3-4-6-13(11)14/h3-6,12,14H,2,7-10H2,1H3. The van der Waals surface area contributed by atoms with Gasteiger partial charge in [-0.05, 0) is 43.4 Å². The summed E-state index contributed by atoms with van der Waals surface area (Å²) in [6.07, 6.45) is 5.47. The molecule has 0 saturated heterocycles. The normalized spacial score (nSPS) is 24.5. The predicted molar refractivity (Wildman–Crippen MR) is 62.9 cm³/mol. The molecule has 2 aliphatic rings. The zero-order valence-corrected chi connectivity index (χ0v) is 9.45. The van der Waals surface area contributed by atoms with Gasteiger partial charge in [0.15, 0.2) is 0 Å². The van der Waals surface area contributed by atoms with Gasteiger partial charge in [0.1, 0.15) is 0 Å². The van der Waals surface area contributed by atoms with E-state index in [4.69, 9.17) is 0 Å². The second-order valence-corrected chi connectivity index (χ2v) is 4.81. The lowest BCUT2D eigenvalue weighted by atomic mass is 10.1. The molecule has 80 valence electrons. The largest absolute Gasteiger partial charge is 0.294 e. The van der Waals surface area contributed by atoms with Crippen molar-refractivity contribution in [2.75, 3.05) is 6.54 Å². The lowest BCUT2D eigenvalue weighted by Crippen LogP contribution is -2.29. The summed E-state index contributed by atoms with van der Waals surface area (Å²) < 4.78 is 0. The van der Waals surface area contributed by atoms with Crippen LogP contribution in [0, 0.1) is 0 Å². The van der Waals surface area contributed by atoms with Gasteiger partial charge in [0.25, 0.3) is 0 Å². The number of rotatable bonds is 3. The van der Waals surface area contributed by atoms with Gasteiger partial charge in [-0.3, -0.25) is 4.90 Å². The van der Waals surface area contributed by atoms with Crippen LogP contribution in [0.2, 0.25) is 0 Å². The lowest BCUT2D eigenvalue weighted by molar-refractivity contribution is 0.197. The Balaban J connectivity index is 1.88. The second-order valence-electron chi connectivity index (χ2n) is 4.81. The molecule has 3 rings (SSSR count). The lowest BCUT2D eigenvalue weighted by Gasteiger charge is -2.28. The first kappa shape index (κ1) is 9.41. The Kier molecular flexibility index (Phi) is 2.28. The summed E-state index contributed by atoms with van der Waals surface area (Å²) in [5.74, 6) is 0. The molecular formula is C14H19N. The molecule has 0 spiro atoms. The molecule has 1 nitrogen and oxygen atoms in total. The highest BCUT2D eigenvalue weighted by molar-refractivity contribution is 5.34. The molecule has 1 atom stereocenters. The highest BCUT2D eigenvalue weighted by Gasteiger charge is 2.36. The zero-order chi connectivity index (χ0) is 10.3. The van der Waals surface area contributed by atoms with Crippen LogP contribution < -0.4 is 0 Å². The van der Waals surface area contributed by atoms with Crippen molar-refractivity contribution in [2.45, 2.75) is 44.7 Å². The molecule has 0 amide bonds. The summed E-state index contributed by atoms with van der Waals surface area (Å²) in [6, 6.07) is 10.6. The van der Waals surface area contributed by atoms with E-state index in [0.717, 1.165) is 12.1 Å². The molecule has 1 saturated carbocycles. The first-order valence-electron chi connectivity index (χ1n) is 6.23. The predicted octanol–water partition coefficient (Wildman–Crippen LogP) is 3.16. The van der Waals surface area contributed by atoms with E-state index in [0.29, 0.717) is 0 Å². The number of hydrogen-bond donors (Lipinski definition) is 0. The molecule has 1 heteroatoms. The Morgan fingerprint density at radius 2 is 2.00 bits per heavy atom. The Bertz CT molecular complexity index is 354. The van der Waals surface area contributed by atoms with Gasteiger partial charge in [0.2, 0.25) is 0 Å². The van der Waals surface area contributed by atoms with Crippen LogP contribution in [0.1, 0.15) is 43.4 Å². The van der Waals surface area contributed by atoms with Crippen molar-refractivity contribution in [3.8, 4) is 0 Å². The number of fused-ring (bicyclic) bond motifs is 1. The van der Waals surface area contributed by atoms with E-state index in [1.54, 1.807) is 11.1 Å². The monoisotopic (exact) mass is 201 g/mol. The fraction of sp³-hybridized carbons (Fsp3) is 0.571. The molecule has 1 unspecified atom stereocenters. The summed E-state index contributed by atoms with van der Waals surface area (Å²) in [6.45, 7) is 3.52. The fourth-order valence-electron chi connectivity index (χ4n) is 3.02. The van der Waals surface area contributed by atoms with Gasteiger partial charge >= 0.3 is 0 Å². The van der Waals surface area contributed by atoms with Crippen LogP contribution >= 0.6 is 0 Å². The van der Waals surface area contributed by atoms with Crippen LogP contribution in [0.3, 0.4) is 0 Å². The highest BCUT2D eigenvalue weighted by atomic mass is 15.2. The van der Waals surface area contributed by atoms with Crippen LogP contribution in [0.4, 0.5) is 0 Å². The van der Waals surface area contributed by atoms with Crippen molar-refractivity contribution in [1.29, 1.82) is 0 Å². The van der Waals surface area contributed by atoms with Crippen molar-refractivity contribution < 1.29 is 0 Å². The van der Waals surface area contributed by atoms with Crippen molar-refractivity contribution in [1.82, 2.24) is 4.90 Å². The number of aryl methyl sites for hydroxylation is 1. The van der Waals surface area contributed by atoms with Crippen LogP contribution in [-0.2, 0) is 6.42 Å². The minimum atomic E-state index is 0.721. The smallest absolute Gasteiger partial charge is 0.0356 e. The molecule has 0 radical (unpaired) electrons. The summed E-state index contributed by atoms with van der Waals surface area (Å²) in [4.78, 5) is 2.71. The Morgan fingerprint density at radius 3 is 2.73 bits per heavy atom. The maximum Gasteiger partial charge on any atom is 0.0356 e. The molecular weight excluding hydrogens is 182 g/mol. The van der Waals surface area contributed by atoms with Crippen molar-refractivity contribution in [3.05, 3.63) is 35.4 Å². The molecule has 1 aromatic rings. The summed E-state index contributed by atoms with van der Waals surface area (Å²) in [7, 11) is 0. The molecule has 0 bridgehead atoms. The van der Waals surface area contributed by atoms with E-state index in [1.807, 2.05) is 0 Å². The Morgan fingerprint density at radius 1 is 1.20 bits per heavy atom. The number of nitrogens with zero attached hydrogens (tertiary/aromatic N) is 1. The molecule has 0 aromatic heterocycles.